The number of nitrogens with zero attached hydrogens (tertiary/aromatic N) is 2. The van der Waals surface area contributed by atoms with Gasteiger partial charge >= 0.3 is 6.36 Å². The second-order valence-electron chi connectivity index (χ2n) is 8.00. The summed E-state index contributed by atoms with van der Waals surface area (Å²) < 4.78 is 41.5. The lowest BCUT2D eigenvalue weighted by Crippen LogP contribution is -2.59. The van der Waals surface area contributed by atoms with Gasteiger partial charge in [-0.1, -0.05) is 18.2 Å². The molecule has 1 aliphatic carbocycles. The van der Waals surface area contributed by atoms with Crippen LogP contribution in [0.2, 0.25) is 0 Å². The maximum atomic E-state index is 13.0. The number of aliphatic imine (C=N–C) groups is 1. The van der Waals surface area contributed by atoms with Crippen molar-refractivity contribution in [3.8, 4) is 5.75 Å². The summed E-state index contributed by atoms with van der Waals surface area (Å²) in [7, 11) is 1.61. The van der Waals surface area contributed by atoms with Gasteiger partial charge in [-0.3, -0.25) is 9.69 Å². The van der Waals surface area contributed by atoms with Crippen LogP contribution in [-0.2, 0) is 4.79 Å². The van der Waals surface area contributed by atoms with E-state index in [1.165, 1.54) is 17.0 Å². The van der Waals surface area contributed by atoms with E-state index in [-0.39, 0.29) is 28.3 Å². The Bertz CT molecular complexity index is 976. The van der Waals surface area contributed by atoms with Crippen molar-refractivity contribution in [3.63, 3.8) is 0 Å². The Morgan fingerprint density at radius 2 is 2.20 bits per heavy atom. The molecule has 30 heavy (non-hydrogen) atoms. The number of halogens is 3. The molecule has 3 aliphatic rings. The molecular weight excluding hydrogens is 415 g/mol. The number of hydrogen-bond acceptors (Lipinski definition) is 5. The zero-order valence-corrected chi connectivity index (χ0v) is 17.4. The van der Waals surface area contributed by atoms with E-state index in [1.54, 1.807) is 37.0 Å². The van der Waals surface area contributed by atoms with Gasteiger partial charge in [0.2, 0.25) is 5.91 Å². The third kappa shape index (κ3) is 3.10. The van der Waals surface area contributed by atoms with Gasteiger partial charge in [-0.25, -0.2) is 4.99 Å². The normalized spacial score (nSPS) is 33.0. The molecule has 1 unspecified atom stereocenters. The highest BCUT2D eigenvalue weighted by atomic mass is 32.2. The van der Waals surface area contributed by atoms with E-state index in [1.807, 2.05) is 12.3 Å². The molecule has 2 aliphatic heterocycles. The molecule has 9 heteroatoms. The van der Waals surface area contributed by atoms with E-state index in [2.05, 4.69) is 11.3 Å². The van der Waals surface area contributed by atoms with Crippen molar-refractivity contribution >= 4 is 29.2 Å². The molecule has 2 heterocycles. The van der Waals surface area contributed by atoms with Crippen LogP contribution in [-0.4, -0.2) is 40.5 Å². The average Bonchev–Trinajstić information content (AvgIpc) is 3.28. The zero-order chi connectivity index (χ0) is 21.9. The van der Waals surface area contributed by atoms with Gasteiger partial charge in [0, 0.05) is 13.0 Å². The summed E-state index contributed by atoms with van der Waals surface area (Å²) in [5.74, 6) is -0.514. The maximum absolute atomic E-state index is 13.0. The lowest BCUT2D eigenvalue weighted by Gasteiger charge is -2.44. The largest absolute Gasteiger partial charge is 0.573 e. The van der Waals surface area contributed by atoms with Gasteiger partial charge in [0.25, 0.3) is 0 Å². The quantitative estimate of drug-likeness (QED) is 0.702. The minimum atomic E-state index is -4.74. The molecule has 4 rings (SSSR count). The molecule has 1 aromatic carbocycles. The van der Waals surface area contributed by atoms with Gasteiger partial charge < -0.3 is 10.5 Å². The Morgan fingerprint density at radius 3 is 2.83 bits per heavy atom. The number of allylic oxidation sites excluding steroid dienone is 2. The third-order valence-corrected chi connectivity index (χ3v) is 8.00. The average molecular weight is 437 g/mol. The highest BCUT2D eigenvalue weighted by Gasteiger charge is 2.72. The van der Waals surface area contributed by atoms with Crippen LogP contribution in [0, 0.1) is 11.8 Å². The Labute approximate surface area is 176 Å². The van der Waals surface area contributed by atoms with Crippen LogP contribution in [0.5, 0.6) is 5.75 Å². The van der Waals surface area contributed by atoms with Gasteiger partial charge in [0.15, 0.2) is 5.96 Å². The van der Waals surface area contributed by atoms with Crippen molar-refractivity contribution < 1.29 is 22.7 Å². The molecule has 0 aromatic heterocycles. The fraction of sp³-hybridized carbons (Fsp3) is 0.429. The van der Waals surface area contributed by atoms with Crippen LogP contribution in [0.4, 0.5) is 13.2 Å². The number of ether oxygens (including phenoxy) is 1. The number of nitrogens with two attached hydrogens (primary N) is 1. The van der Waals surface area contributed by atoms with Crippen molar-refractivity contribution in [2.24, 2.45) is 22.6 Å². The Kier molecular flexibility index (Phi) is 4.72. The van der Waals surface area contributed by atoms with E-state index in [4.69, 9.17) is 10.7 Å². The summed E-state index contributed by atoms with van der Waals surface area (Å²) in [6.45, 7) is 5.74. The topological polar surface area (TPSA) is 67.9 Å². The third-order valence-electron chi connectivity index (χ3n) is 6.34. The number of alkyl halides is 3. The van der Waals surface area contributed by atoms with Gasteiger partial charge in [-0.2, -0.15) is 0 Å². The van der Waals surface area contributed by atoms with Crippen LogP contribution in [0.3, 0.4) is 0 Å². The van der Waals surface area contributed by atoms with Crippen molar-refractivity contribution in [2.75, 3.05) is 7.05 Å². The molecule has 1 amide bonds. The van der Waals surface area contributed by atoms with Crippen LogP contribution in [0.15, 0.2) is 47.3 Å². The highest BCUT2D eigenvalue weighted by molar-refractivity contribution is 8.04. The fourth-order valence-corrected chi connectivity index (χ4v) is 6.29. The fourth-order valence-electron chi connectivity index (χ4n) is 4.67. The van der Waals surface area contributed by atoms with E-state index in [0.717, 1.165) is 12.0 Å². The molecule has 1 fully saturated rings. The first-order valence-electron chi connectivity index (χ1n) is 9.50. The molecular formula is C21H22F3N3O2S. The van der Waals surface area contributed by atoms with Crippen molar-refractivity contribution in [1.29, 1.82) is 0 Å². The molecule has 1 aromatic rings. The molecule has 0 spiro atoms. The number of hydrogen-bond donors (Lipinski definition) is 1. The van der Waals surface area contributed by atoms with Crippen LogP contribution >= 0.6 is 11.8 Å². The van der Waals surface area contributed by atoms with Crippen molar-refractivity contribution in [1.82, 2.24) is 4.90 Å². The first-order chi connectivity index (χ1) is 14.0. The molecule has 0 saturated heterocycles. The molecule has 0 radical (unpaired) electrons. The highest BCUT2D eigenvalue weighted by Crippen LogP contribution is 2.73. The lowest BCUT2D eigenvalue weighted by molar-refractivity contribution is -0.274. The number of fused-ring (bicyclic) bond motifs is 1. The first-order valence-corrected chi connectivity index (χ1v) is 10.4. The second kappa shape index (κ2) is 6.80. The van der Waals surface area contributed by atoms with Crippen LogP contribution in [0.1, 0.15) is 25.3 Å². The molecule has 5 nitrogen and oxygen atoms in total. The van der Waals surface area contributed by atoms with Crippen LogP contribution in [0.25, 0.3) is 5.57 Å². The summed E-state index contributed by atoms with van der Waals surface area (Å²) in [6, 6.07) is 5.99. The van der Waals surface area contributed by atoms with Crippen molar-refractivity contribution in [3.05, 3.63) is 47.9 Å². The molecule has 1 saturated carbocycles. The van der Waals surface area contributed by atoms with E-state index >= 15 is 0 Å². The van der Waals surface area contributed by atoms with E-state index in [9.17, 15) is 18.0 Å². The van der Waals surface area contributed by atoms with Crippen LogP contribution < -0.4 is 10.5 Å². The summed E-state index contributed by atoms with van der Waals surface area (Å²) in [5.41, 5.74) is 6.92. The molecule has 0 bridgehead atoms. The first kappa shape index (κ1) is 20.8. The standard InChI is InChI=1S/C21H22F3N3O2S/c1-4-6-15-17(28)27(3)18(25)26-19(15,2)20-10-16(20)14(11-30-20)12-7-5-8-13(9-12)29-21(22,23)24/h4-5,7-9,11,15-16H,1,6,10H2,2-3H3,(H2,25,26)/t15-,16?,19-,20-/m0/s1. The summed E-state index contributed by atoms with van der Waals surface area (Å²) in [5, 5.41) is 1.96. The minimum Gasteiger partial charge on any atom is -0.406 e. The number of amides is 1. The summed E-state index contributed by atoms with van der Waals surface area (Å²) >= 11 is 1.59. The number of rotatable bonds is 5. The van der Waals surface area contributed by atoms with Gasteiger partial charge in [-0.05, 0) is 48.4 Å². The summed E-state index contributed by atoms with van der Waals surface area (Å²) in [6.07, 6.45) is -1.79. The van der Waals surface area contributed by atoms with Gasteiger partial charge in [0.05, 0.1) is 16.2 Å². The van der Waals surface area contributed by atoms with Gasteiger partial charge in [0.1, 0.15) is 5.75 Å². The zero-order valence-electron chi connectivity index (χ0n) is 16.6. The summed E-state index contributed by atoms with van der Waals surface area (Å²) in [4.78, 5) is 19.1. The Balaban J connectivity index is 1.65. The van der Waals surface area contributed by atoms with Crippen molar-refractivity contribution in [2.45, 2.75) is 36.4 Å². The smallest absolute Gasteiger partial charge is 0.406 e. The number of thioether (sulfide) groups is 1. The van der Waals surface area contributed by atoms with E-state index < -0.39 is 17.8 Å². The second-order valence-corrected chi connectivity index (χ2v) is 9.20. The number of guanidine groups is 1. The van der Waals surface area contributed by atoms with E-state index in [0.29, 0.717) is 12.0 Å². The van der Waals surface area contributed by atoms with Gasteiger partial charge in [-0.15, -0.1) is 31.5 Å². The molecule has 2 N–H and O–H groups in total. The predicted molar refractivity (Wildman–Crippen MR) is 111 cm³/mol. The maximum Gasteiger partial charge on any atom is 0.573 e. The number of carbonyl (C=O) groups is 1. The number of benzene rings is 1. The SMILES string of the molecule is C=CC[C@H]1C(=O)N(C)C(N)=N[C@]1(C)[C@]12CC1C(c1cccc(OC(F)(F)F)c1)=CS2. The predicted octanol–water partition coefficient (Wildman–Crippen LogP) is 4.17. The Morgan fingerprint density at radius 1 is 1.47 bits per heavy atom. The Hall–Kier alpha value is -2.42. The molecule has 4 atom stereocenters. The molecule has 160 valence electrons. The minimum absolute atomic E-state index is 0.0636. The lowest BCUT2D eigenvalue weighted by atomic mass is 9.76. The number of carbonyl (C=O) groups excluding carboxylic acids is 1. The monoisotopic (exact) mass is 437 g/mol.